The molecule has 0 unspecified atom stereocenters. The molecule has 0 bridgehead atoms. The topological polar surface area (TPSA) is 85.2 Å². The number of nitrogens with one attached hydrogen (secondary N) is 1. The molecule has 2 aromatic rings. The molecular weight excluding hydrogens is 332 g/mol. The number of benzene rings is 1. The third-order valence-corrected chi connectivity index (χ3v) is 4.21. The van der Waals surface area contributed by atoms with Gasteiger partial charge < -0.3 is 15.0 Å². The number of rotatable bonds is 5. The zero-order chi connectivity index (χ0) is 18.6. The highest BCUT2D eigenvalue weighted by Crippen LogP contribution is 2.22. The van der Waals surface area contributed by atoms with E-state index in [9.17, 15) is 4.79 Å². The maximum atomic E-state index is 12.4. The van der Waals surface area contributed by atoms with Crippen LogP contribution >= 0.6 is 0 Å². The standard InChI is InChI=1S/C18H26N6O2/c1-18(2,3)26-17(25)23-11-7-10-15(23)13-24-16(20-21-22-24)19-12-14-8-5-4-6-9-14/h4-6,8-9,15H,7,10-13H2,1-3H3,(H,19,20,22)/t15-/m0/s1. The Morgan fingerprint density at radius 2 is 2.08 bits per heavy atom. The highest BCUT2D eigenvalue weighted by molar-refractivity contribution is 5.68. The van der Waals surface area contributed by atoms with Gasteiger partial charge in [0.1, 0.15) is 5.60 Å². The van der Waals surface area contributed by atoms with Crippen LogP contribution in [0.15, 0.2) is 30.3 Å². The summed E-state index contributed by atoms with van der Waals surface area (Å²) in [6.07, 6.45) is 1.60. The molecule has 0 spiro atoms. The summed E-state index contributed by atoms with van der Waals surface area (Å²) in [6.45, 7) is 7.52. The zero-order valence-electron chi connectivity index (χ0n) is 15.6. The van der Waals surface area contributed by atoms with Crippen molar-refractivity contribution in [3.63, 3.8) is 0 Å². The number of ether oxygens (including phenoxy) is 1. The van der Waals surface area contributed by atoms with Crippen molar-refractivity contribution in [3.05, 3.63) is 35.9 Å². The third kappa shape index (κ3) is 4.71. The van der Waals surface area contributed by atoms with E-state index in [4.69, 9.17) is 4.74 Å². The Bertz CT molecular complexity index is 725. The molecule has 1 N–H and O–H groups in total. The normalized spacial score (nSPS) is 17.3. The van der Waals surface area contributed by atoms with E-state index in [1.807, 2.05) is 51.1 Å². The van der Waals surface area contributed by atoms with Gasteiger partial charge in [-0.1, -0.05) is 35.4 Å². The number of nitrogens with zero attached hydrogens (tertiary/aromatic N) is 5. The minimum atomic E-state index is -0.499. The van der Waals surface area contributed by atoms with Gasteiger partial charge in [-0.3, -0.25) is 0 Å². The van der Waals surface area contributed by atoms with E-state index in [0.29, 0.717) is 25.6 Å². The Labute approximate surface area is 153 Å². The van der Waals surface area contributed by atoms with E-state index in [-0.39, 0.29) is 12.1 Å². The summed E-state index contributed by atoms with van der Waals surface area (Å²) in [5, 5.41) is 15.2. The number of likely N-dealkylation sites (tertiary alicyclic amines) is 1. The van der Waals surface area contributed by atoms with Crippen LogP contribution in [0.2, 0.25) is 0 Å². The minimum Gasteiger partial charge on any atom is -0.444 e. The number of carbonyl (C=O) groups is 1. The Hall–Kier alpha value is -2.64. The molecule has 0 aliphatic carbocycles. The molecule has 26 heavy (non-hydrogen) atoms. The van der Waals surface area contributed by atoms with Crippen molar-refractivity contribution in [2.45, 2.75) is 58.3 Å². The minimum absolute atomic E-state index is 0.0330. The number of hydrogen-bond donors (Lipinski definition) is 1. The Morgan fingerprint density at radius 1 is 1.31 bits per heavy atom. The Morgan fingerprint density at radius 3 is 2.81 bits per heavy atom. The number of anilines is 1. The second kappa shape index (κ2) is 7.72. The van der Waals surface area contributed by atoms with Crippen LogP contribution in [0.25, 0.3) is 0 Å². The van der Waals surface area contributed by atoms with Crippen LogP contribution in [0.3, 0.4) is 0 Å². The fourth-order valence-corrected chi connectivity index (χ4v) is 3.02. The van der Waals surface area contributed by atoms with Gasteiger partial charge >= 0.3 is 6.09 Å². The molecule has 1 saturated heterocycles. The van der Waals surface area contributed by atoms with Gasteiger partial charge in [-0.2, -0.15) is 0 Å². The van der Waals surface area contributed by atoms with Crippen molar-refractivity contribution in [1.82, 2.24) is 25.1 Å². The highest BCUT2D eigenvalue weighted by atomic mass is 16.6. The fraction of sp³-hybridized carbons (Fsp3) is 0.556. The van der Waals surface area contributed by atoms with E-state index in [2.05, 4.69) is 20.8 Å². The molecule has 1 aliphatic rings. The van der Waals surface area contributed by atoms with Gasteiger partial charge in [0, 0.05) is 13.1 Å². The van der Waals surface area contributed by atoms with Gasteiger partial charge in [0.2, 0.25) is 5.95 Å². The Balaban J connectivity index is 1.62. The summed E-state index contributed by atoms with van der Waals surface area (Å²) >= 11 is 0. The predicted octanol–water partition coefficient (Wildman–Crippen LogP) is 2.68. The summed E-state index contributed by atoms with van der Waals surface area (Å²) in [5.41, 5.74) is 0.653. The molecule has 1 fully saturated rings. The van der Waals surface area contributed by atoms with Crippen molar-refractivity contribution in [3.8, 4) is 0 Å². The Kier molecular flexibility index (Phi) is 5.39. The first kappa shape index (κ1) is 18.2. The molecule has 8 nitrogen and oxygen atoms in total. The van der Waals surface area contributed by atoms with Gasteiger partial charge in [0.25, 0.3) is 0 Å². The van der Waals surface area contributed by atoms with E-state index in [1.165, 1.54) is 0 Å². The molecule has 1 aromatic carbocycles. The molecule has 1 aromatic heterocycles. The molecule has 3 rings (SSSR count). The first-order valence-electron chi connectivity index (χ1n) is 8.96. The SMILES string of the molecule is CC(C)(C)OC(=O)N1CCC[C@H]1Cn1nnnc1NCc1ccccc1. The number of tetrazole rings is 1. The lowest BCUT2D eigenvalue weighted by molar-refractivity contribution is 0.0211. The molecule has 1 amide bonds. The van der Waals surface area contributed by atoms with Gasteiger partial charge in [0.05, 0.1) is 12.6 Å². The van der Waals surface area contributed by atoms with Crippen molar-refractivity contribution in [1.29, 1.82) is 0 Å². The number of carbonyl (C=O) groups excluding carboxylic acids is 1. The third-order valence-electron chi connectivity index (χ3n) is 4.21. The number of amides is 1. The maximum absolute atomic E-state index is 12.4. The van der Waals surface area contributed by atoms with Crippen molar-refractivity contribution >= 4 is 12.0 Å². The summed E-state index contributed by atoms with van der Waals surface area (Å²) < 4.78 is 7.24. The van der Waals surface area contributed by atoms with E-state index >= 15 is 0 Å². The molecule has 8 heteroatoms. The summed E-state index contributed by atoms with van der Waals surface area (Å²) in [5.74, 6) is 0.602. The summed E-state index contributed by atoms with van der Waals surface area (Å²) in [6, 6.07) is 10.1. The van der Waals surface area contributed by atoms with E-state index in [1.54, 1.807) is 9.58 Å². The smallest absolute Gasteiger partial charge is 0.410 e. The highest BCUT2D eigenvalue weighted by Gasteiger charge is 2.33. The monoisotopic (exact) mass is 358 g/mol. The molecule has 0 saturated carbocycles. The van der Waals surface area contributed by atoms with Crippen LogP contribution in [-0.2, 0) is 17.8 Å². The second-order valence-corrected chi connectivity index (χ2v) is 7.49. The number of hydrogen-bond acceptors (Lipinski definition) is 6. The van der Waals surface area contributed by atoms with Gasteiger partial charge in [-0.25, -0.2) is 9.48 Å². The largest absolute Gasteiger partial charge is 0.444 e. The van der Waals surface area contributed by atoms with E-state index in [0.717, 1.165) is 18.4 Å². The predicted molar refractivity (Wildman–Crippen MR) is 97.5 cm³/mol. The molecule has 140 valence electrons. The second-order valence-electron chi connectivity index (χ2n) is 7.49. The quantitative estimate of drug-likeness (QED) is 0.884. The zero-order valence-corrected chi connectivity index (χ0v) is 15.6. The lowest BCUT2D eigenvalue weighted by Crippen LogP contribution is -2.41. The summed E-state index contributed by atoms with van der Waals surface area (Å²) in [4.78, 5) is 14.2. The van der Waals surface area contributed by atoms with Crippen molar-refractivity contribution in [2.24, 2.45) is 0 Å². The van der Waals surface area contributed by atoms with Crippen LogP contribution in [-0.4, -0.2) is 49.4 Å². The van der Waals surface area contributed by atoms with Crippen LogP contribution < -0.4 is 5.32 Å². The number of aromatic nitrogens is 4. The van der Waals surface area contributed by atoms with Gasteiger partial charge in [-0.15, -0.1) is 0 Å². The summed E-state index contributed by atoms with van der Waals surface area (Å²) in [7, 11) is 0. The molecule has 1 atom stereocenters. The lowest BCUT2D eigenvalue weighted by atomic mass is 10.2. The van der Waals surface area contributed by atoms with Crippen LogP contribution in [0.4, 0.5) is 10.7 Å². The molecule has 2 heterocycles. The first-order chi connectivity index (χ1) is 12.4. The average molecular weight is 358 g/mol. The van der Waals surface area contributed by atoms with Crippen molar-refractivity contribution < 1.29 is 9.53 Å². The molecule has 1 aliphatic heterocycles. The fourth-order valence-electron chi connectivity index (χ4n) is 3.02. The van der Waals surface area contributed by atoms with Crippen molar-refractivity contribution in [2.75, 3.05) is 11.9 Å². The molecular formula is C18H26N6O2. The van der Waals surface area contributed by atoms with Gasteiger partial charge in [0.15, 0.2) is 0 Å². The van der Waals surface area contributed by atoms with Crippen LogP contribution in [0.5, 0.6) is 0 Å². The lowest BCUT2D eigenvalue weighted by Gasteiger charge is -2.28. The van der Waals surface area contributed by atoms with Crippen LogP contribution in [0.1, 0.15) is 39.2 Å². The average Bonchev–Trinajstić information content (AvgIpc) is 3.22. The molecule has 0 radical (unpaired) electrons. The van der Waals surface area contributed by atoms with E-state index < -0.39 is 5.60 Å². The van der Waals surface area contributed by atoms with Gasteiger partial charge in [-0.05, 0) is 49.6 Å². The maximum Gasteiger partial charge on any atom is 0.410 e. The van der Waals surface area contributed by atoms with Crippen LogP contribution in [0, 0.1) is 0 Å². The first-order valence-corrected chi connectivity index (χ1v) is 8.96.